The van der Waals surface area contributed by atoms with Gasteiger partial charge in [0.2, 0.25) is 0 Å². The summed E-state index contributed by atoms with van der Waals surface area (Å²) in [7, 11) is 0. The Labute approximate surface area is 255 Å². The van der Waals surface area contributed by atoms with Crippen LogP contribution in [0.2, 0.25) is 0 Å². The summed E-state index contributed by atoms with van der Waals surface area (Å²) in [6, 6.07) is 16.9. The van der Waals surface area contributed by atoms with Crippen molar-refractivity contribution < 1.29 is 28.5 Å². The topological polar surface area (TPSA) is 175 Å². The van der Waals surface area contributed by atoms with Gasteiger partial charge in [-0.1, -0.05) is 38.8 Å². The number of carbonyl (C=O) groups excluding carboxylic acids is 2. The SMILES string of the molecule is CCCCOc1cccc(Oc2cc(N)c3c(c2N)C(=O)c2c(N)c(Oc4cccc(OCCCC)c4)cc(N)c2C3=O)c1. The van der Waals surface area contributed by atoms with E-state index in [1.165, 1.54) is 12.1 Å². The van der Waals surface area contributed by atoms with Crippen LogP contribution in [-0.4, -0.2) is 24.8 Å². The molecule has 44 heavy (non-hydrogen) atoms. The number of fused-ring (bicyclic) bond motifs is 2. The Hall–Kier alpha value is -5.38. The zero-order chi connectivity index (χ0) is 31.4. The molecule has 4 aromatic rings. The highest BCUT2D eigenvalue weighted by molar-refractivity contribution is 6.35. The van der Waals surface area contributed by atoms with Crippen molar-refractivity contribution in [2.24, 2.45) is 0 Å². The smallest absolute Gasteiger partial charge is 0.199 e. The molecular formula is C34H36N4O6. The van der Waals surface area contributed by atoms with Crippen molar-refractivity contribution in [2.45, 2.75) is 39.5 Å². The molecule has 1 aliphatic carbocycles. The summed E-state index contributed by atoms with van der Waals surface area (Å²) in [6.07, 6.45) is 3.83. The fourth-order valence-electron chi connectivity index (χ4n) is 4.94. The summed E-state index contributed by atoms with van der Waals surface area (Å²) in [5.74, 6) is 1.10. The molecule has 5 rings (SSSR count). The maximum absolute atomic E-state index is 14.0. The van der Waals surface area contributed by atoms with Crippen molar-refractivity contribution in [1.29, 1.82) is 0 Å². The first-order chi connectivity index (χ1) is 21.2. The van der Waals surface area contributed by atoms with Gasteiger partial charge in [0, 0.05) is 35.6 Å². The molecule has 10 nitrogen and oxygen atoms in total. The number of nitrogen functional groups attached to an aromatic ring is 4. The number of carbonyl (C=O) groups is 2. The van der Waals surface area contributed by atoms with Gasteiger partial charge in [-0.2, -0.15) is 0 Å². The second kappa shape index (κ2) is 12.9. The van der Waals surface area contributed by atoms with Crippen LogP contribution < -0.4 is 41.9 Å². The summed E-state index contributed by atoms with van der Waals surface area (Å²) in [5.41, 5.74) is 25.2. The van der Waals surface area contributed by atoms with Crippen LogP contribution >= 0.6 is 0 Å². The van der Waals surface area contributed by atoms with Crippen molar-refractivity contribution in [3.8, 4) is 34.5 Å². The van der Waals surface area contributed by atoms with Gasteiger partial charge in [0.1, 0.15) is 23.0 Å². The summed E-state index contributed by atoms with van der Waals surface area (Å²) >= 11 is 0. The van der Waals surface area contributed by atoms with Crippen LogP contribution in [0.1, 0.15) is 71.4 Å². The predicted molar refractivity (Wildman–Crippen MR) is 171 cm³/mol. The molecule has 0 saturated heterocycles. The fraction of sp³-hybridized carbons (Fsp3) is 0.235. The molecule has 1 aliphatic rings. The Kier molecular flexibility index (Phi) is 8.80. The summed E-state index contributed by atoms with van der Waals surface area (Å²) in [4.78, 5) is 27.8. The zero-order valence-corrected chi connectivity index (χ0v) is 24.8. The Morgan fingerprint density at radius 1 is 0.545 bits per heavy atom. The summed E-state index contributed by atoms with van der Waals surface area (Å²) in [6.45, 7) is 5.29. The summed E-state index contributed by atoms with van der Waals surface area (Å²) in [5, 5.41) is 0. The lowest BCUT2D eigenvalue weighted by molar-refractivity contribution is 0.0981. The van der Waals surface area contributed by atoms with Gasteiger partial charge in [0.15, 0.2) is 23.1 Å². The summed E-state index contributed by atoms with van der Waals surface area (Å²) < 4.78 is 23.6. The highest BCUT2D eigenvalue weighted by atomic mass is 16.5. The zero-order valence-electron chi connectivity index (χ0n) is 24.8. The first kappa shape index (κ1) is 30.1. The van der Waals surface area contributed by atoms with E-state index in [1.54, 1.807) is 36.4 Å². The first-order valence-electron chi connectivity index (χ1n) is 14.6. The number of hydrogen-bond donors (Lipinski definition) is 4. The lowest BCUT2D eigenvalue weighted by atomic mass is 9.80. The van der Waals surface area contributed by atoms with Crippen molar-refractivity contribution in [2.75, 3.05) is 36.1 Å². The molecule has 0 atom stereocenters. The molecule has 0 unspecified atom stereocenters. The molecule has 0 bridgehead atoms. The van der Waals surface area contributed by atoms with Crippen molar-refractivity contribution in [3.05, 3.63) is 82.9 Å². The Bertz CT molecular complexity index is 1610. The number of rotatable bonds is 12. The van der Waals surface area contributed by atoms with E-state index in [0.717, 1.165) is 25.7 Å². The lowest BCUT2D eigenvalue weighted by Crippen LogP contribution is -2.26. The molecule has 0 fully saturated rings. The van der Waals surface area contributed by atoms with Crippen LogP contribution in [0.3, 0.4) is 0 Å². The number of anilines is 4. The van der Waals surface area contributed by atoms with Crippen LogP contribution in [0.15, 0.2) is 60.7 Å². The number of benzene rings is 4. The van der Waals surface area contributed by atoms with Crippen LogP contribution in [0.25, 0.3) is 0 Å². The van der Waals surface area contributed by atoms with Gasteiger partial charge in [-0.05, 0) is 37.1 Å². The standard InChI is InChI=1S/C34H36N4O6/c1-3-5-13-41-19-9-7-11-21(15-19)43-25-17-23(35)27-29(31(25)37)34(40)30-28(33(27)39)24(36)18-26(32(30)38)44-22-12-8-10-20(16-22)42-14-6-4-2/h7-12,15-18H,3-6,13-14,35-38H2,1-2H3. The first-order valence-corrected chi connectivity index (χ1v) is 14.6. The fourth-order valence-corrected chi connectivity index (χ4v) is 4.94. The largest absolute Gasteiger partial charge is 0.493 e. The van der Waals surface area contributed by atoms with Crippen molar-refractivity contribution in [3.63, 3.8) is 0 Å². The number of hydrogen-bond acceptors (Lipinski definition) is 10. The van der Waals surface area contributed by atoms with E-state index in [9.17, 15) is 9.59 Å². The highest BCUT2D eigenvalue weighted by Crippen LogP contribution is 2.46. The van der Waals surface area contributed by atoms with E-state index in [2.05, 4.69) is 13.8 Å². The number of ether oxygens (including phenoxy) is 4. The highest BCUT2D eigenvalue weighted by Gasteiger charge is 2.38. The molecule has 0 radical (unpaired) electrons. The number of ketones is 2. The molecule has 0 saturated carbocycles. The third-order valence-electron chi connectivity index (χ3n) is 7.23. The van der Waals surface area contributed by atoms with Gasteiger partial charge >= 0.3 is 0 Å². The number of nitrogens with two attached hydrogens (primary N) is 4. The second-order valence-corrected chi connectivity index (χ2v) is 10.5. The molecule has 0 amide bonds. The van der Waals surface area contributed by atoms with E-state index in [0.29, 0.717) is 36.2 Å². The average Bonchev–Trinajstić information content (AvgIpc) is 3.00. The predicted octanol–water partition coefficient (Wildman–Crippen LogP) is 6.73. The van der Waals surface area contributed by atoms with E-state index in [1.807, 2.05) is 12.1 Å². The second-order valence-electron chi connectivity index (χ2n) is 10.5. The Morgan fingerprint density at radius 3 is 1.34 bits per heavy atom. The maximum Gasteiger partial charge on any atom is 0.199 e. The van der Waals surface area contributed by atoms with Gasteiger partial charge in [0.25, 0.3) is 0 Å². The quantitative estimate of drug-likeness (QED) is 0.0892. The molecular weight excluding hydrogens is 560 g/mol. The minimum Gasteiger partial charge on any atom is -0.493 e. The van der Waals surface area contributed by atoms with E-state index in [-0.39, 0.29) is 56.5 Å². The normalized spacial score (nSPS) is 12.0. The molecule has 0 aliphatic heterocycles. The van der Waals surface area contributed by atoms with Crippen LogP contribution in [-0.2, 0) is 0 Å². The Morgan fingerprint density at radius 2 is 0.932 bits per heavy atom. The molecule has 8 N–H and O–H groups in total. The van der Waals surface area contributed by atoms with Crippen LogP contribution in [0.4, 0.5) is 22.7 Å². The van der Waals surface area contributed by atoms with Crippen molar-refractivity contribution >= 4 is 34.3 Å². The molecule has 0 spiro atoms. The molecule has 10 heteroatoms. The average molecular weight is 597 g/mol. The van der Waals surface area contributed by atoms with Gasteiger partial charge in [-0.15, -0.1) is 0 Å². The lowest BCUT2D eigenvalue weighted by Gasteiger charge is -2.25. The van der Waals surface area contributed by atoms with E-state index < -0.39 is 11.6 Å². The molecule has 0 heterocycles. The third-order valence-corrected chi connectivity index (χ3v) is 7.23. The van der Waals surface area contributed by atoms with E-state index in [4.69, 9.17) is 41.9 Å². The van der Waals surface area contributed by atoms with Gasteiger partial charge in [-0.25, -0.2) is 0 Å². The van der Waals surface area contributed by atoms with Crippen LogP contribution in [0.5, 0.6) is 34.5 Å². The molecule has 4 aromatic carbocycles. The van der Waals surface area contributed by atoms with E-state index >= 15 is 0 Å². The van der Waals surface area contributed by atoms with Gasteiger partial charge < -0.3 is 41.9 Å². The molecule has 0 aromatic heterocycles. The maximum atomic E-state index is 14.0. The van der Waals surface area contributed by atoms with Gasteiger partial charge in [-0.3, -0.25) is 9.59 Å². The van der Waals surface area contributed by atoms with Crippen molar-refractivity contribution in [1.82, 2.24) is 0 Å². The minimum atomic E-state index is -0.618. The third kappa shape index (κ3) is 5.92. The Balaban J connectivity index is 1.49. The van der Waals surface area contributed by atoms with Crippen LogP contribution in [0, 0.1) is 0 Å². The number of unbranched alkanes of at least 4 members (excludes halogenated alkanes) is 2. The minimum absolute atomic E-state index is 0.0155. The monoisotopic (exact) mass is 596 g/mol. The van der Waals surface area contributed by atoms with Gasteiger partial charge in [0.05, 0.1) is 46.8 Å². The molecule has 228 valence electrons.